The molecule has 5 rings (SSSR count). The second kappa shape index (κ2) is 13.2. The molecule has 240 valence electrons. The molecule has 0 amide bonds. The third-order valence-electron chi connectivity index (χ3n) is 6.90. The van der Waals surface area contributed by atoms with Gasteiger partial charge in [0.25, 0.3) is 0 Å². The van der Waals surface area contributed by atoms with Crippen LogP contribution >= 0.6 is 0 Å². The Hall–Kier alpha value is -5.59. The number of hydrogen-bond acceptors (Lipinski definition) is 13. The Balaban J connectivity index is 1.47. The minimum Gasteiger partial charge on any atom is -0.493 e. The highest BCUT2D eigenvalue weighted by Gasteiger charge is 2.37. The highest BCUT2D eigenvalue weighted by Crippen LogP contribution is 2.46. The molecule has 3 aromatic rings. The number of ether oxygens (including phenoxy) is 8. The van der Waals surface area contributed by atoms with Crippen LogP contribution in [0.15, 0.2) is 48.5 Å². The summed E-state index contributed by atoms with van der Waals surface area (Å²) in [6.07, 6.45) is -2.44. The molecule has 2 aliphatic rings. The molecule has 0 saturated heterocycles. The van der Waals surface area contributed by atoms with Crippen LogP contribution < -0.4 is 33.2 Å². The van der Waals surface area contributed by atoms with Gasteiger partial charge in [-0.05, 0) is 29.8 Å². The highest BCUT2D eigenvalue weighted by molar-refractivity contribution is 6.03. The molecule has 13 heteroatoms. The maximum absolute atomic E-state index is 13.3. The summed E-state index contributed by atoms with van der Waals surface area (Å²) in [6.45, 7) is 4.83. The molecular weight excluding hydrogens is 604 g/mol. The zero-order valence-electron chi connectivity index (χ0n) is 25.6. The van der Waals surface area contributed by atoms with E-state index in [0.29, 0.717) is 22.6 Å². The summed E-state index contributed by atoms with van der Waals surface area (Å²) in [4.78, 5) is 59.8. The van der Waals surface area contributed by atoms with Gasteiger partial charge in [-0.3, -0.25) is 24.0 Å². The molecule has 0 fully saturated rings. The minimum atomic E-state index is -0.797. The molecule has 13 nitrogen and oxygen atoms in total. The fourth-order valence-corrected chi connectivity index (χ4v) is 5.10. The first kappa shape index (κ1) is 31.8. The average molecular weight is 635 g/mol. The van der Waals surface area contributed by atoms with E-state index in [9.17, 15) is 24.0 Å². The van der Waals surface area contributed by atoms with E-state index >= 15 is 0 Å². The van der Waals surface area contributed by atoms with Gasteiger partial charge >= 0.3 is 23.9 Å². The number of methoxy groups -OCH3 is 1. The van der Waals surface area contributed by atoms with Crippen molar-refractivity contribution in [1.82, 2.24) is 0 Å². The average Bonchev–Trinajstić information content (AvgIpc) is 2.98. The van der Waals surface area contributed by atoms with Crippen molar-refractivity contribution in [2.75, 3.05) is 13.7 Å². The third-order valence-corrected chi connectivity index (χ3v) is 6.90. The Morgan fingerprint density at radius 2 is 1.39 bits per heavy atom. The van der Waals surface area contributed by atoms with Gasteiger partial charge in [0.05, 0.1) is 13.5 Å². The molecule has 2 aliphatic heterocycles. The smallest absolute Gasteiger partial charge is 0.308 e. The molecule has 0 spiro atoms. The largest absolute Gasteiger partial charge is 0.493 e. The van der Waals surface area contributed by atoms with Gasteiger partial charge in [-0.25, -0.2) is 0 Å². The van der Waals surface area contributed by atoms with E-state index in [1.807, 2.05) is 0 Å². The van der Waals surface area contributed by atoms with Crippen LogP contribution in [0.25, 0.3) is 0 Å². The zero-order valence-corrected chi connectivity index (χ0v) is 25.6. The summed E-state index contributed by atoms with van der Waals surface area (Å²) in [6, 6.07) is 12.5. The van der Waals surface area contributed by atoms with Crippen molar-refractivity contribution in [3.05, 3.63) is 65.2 Å². The van der Waals surface area contributed by atoms with Crippen LogP contribution in [0, 0.1) is 0 Å². The predicted octanol–water partition coefficient (Wildman–Crippen LogP) is 4.62. The van der Waals surface area contributed by atoms with Gasteiger partial charge < -0.3 is 37.9 Å². The first-order valence-electron chi connectivity index (χ1n) is 14.1. The lowest BCUT2D eigenvalue weighted by molar-refractivity contribution is -0.146. The van der Waals surface area contributed by atoms with Gasteiger partial charge in [-0.1, -0.05) is 12.1 Å². The van der Waals surface area contributed by atoms with Crippen molar-refractivity contribution in [1.29, 1.82) is 0 Å². The van der Waals surface area contributed by atoms with Crippen LogP contribution in [-0.4, -0.2) is 49.5 Å². The quantitative estimate of drug-likeness (QED) is 0.250. The van der Waals surface area contributed by atoms with Crippen LogP contribution in [0.1, 0.15) is 67.8 Å². The number of rotatable bonds is 8. The van der Waals surface area contributed by atoms with E-state index in [0.717, 1.165) is 0 Å². The van der Waals surface area contributed by atoms with Crippen molar-refractivity contribution < 1.29 is 61.9 Å². The second-order valence-electron chi connectivity index (χ2n) is 10.4. The lowest BCUT2D eigenvalue weighted by Gasteiger charge is -2.35. The van der Waals surface area contributed by atoms with E-state index in [1.54, 1.807) is 36.4 Å². The number of benzene rings is 3. The lowest BCUT2D eigenvalue weighted by Crippen LogP contribution is -2.37. The van der Waals surface area contributed by atoms with Gasteiger partial charge in [0.15, 0.2) is 41.0 Å². The molecule has 0 N–H and O–H groups in total. The van der Waals surface area contributed by atoms with Gasteiger partial charge in [0.1, 0.15) is 35.5 Å². The molecule has 3 atom stereocenters. The van der Waals surface area contributed by atoms with E-state index in [4.69, 9.17) is 37.9 Å². The van der Waals surface area contributed by atoms with Crippen molar-refractivity contribution in [3.63, 3.8) is 0 Å². The monoisotopic (exact) mass is 634 g/mol. The Morgan fingerprint density at radius 1 is 0.696 bits per heavy atom. The van der Waals surface area contributed by atoms with Crippen molar-refractivity contribution in [3.8, 4) is 40.2 Å². The standard InChI is InChI=1S/C33H30O13/c1-16(34)40-15-31-33(21-7-9-24(42-18(3)36)27(11-21)39-5)46-28-10-20(6-8-25(28)44-31)26-14-23(38)32-29(43-19(4)37)12-22(41-17(2)35)13-30(32)45-26/h6-13,26,31,33H,14-15H2,1-5H3/t26-,31+,33+/m0/s1. The molecule has 46 heavy (non-hydrogen) atoms. The van der Waals surface area contributed by atoms with E-state index in [2.05, 4.69) is 0 Å². The number of carbonyl (C=O) groups excluding carboxylic acids is 5. The minimum absolute atomic E-state index is 0.0370. The Morgan fingerprint density at radius 3 is 2.07 bits per heavy atom. The van der Waals surface area contributed by atoms with Crippen LogP contribution in [0.3, 0.4) is 0 Å². The van der Waals surface area contributed by atoms with Crippen LogP contribution in [-0.2, 0) is 23.9 Å². The molecule has 0 radical (unpaired) electrons. The van der Waals surface area contributed by atoms with Crippen molar-refractivity contribution >= 4 is 29.7 Å². The molecule has 3 aromatic carbocycles. The molecule has 0 bridgehead atoms. The van der Waals surface area contributed by atoms with Gasteiger partial charge in [0, 0.05) is 45.4 Å². The van der Waals surface area contributed by atoms with Gasteiger partial charge in [-0.2, -0.15) is 0 Å². The van der Waals surface area contributed by atoms with E-state index < -0.39 is 42.2 Å². The third kappa shape index (κ3) is 7.04. The number of ketones is 1. The SMILES string of the molecule is COc1cc([C@H]2Oc3cc([C@@H]4CC(=O)c5c(OC(C)=O)cc(OC(C)=O)cc5O4)ccc3O[C@@H]2COC(C)=O)ccc1OC(C)=O. The maximum Gasteiger partial charge on any atom is 0.308 e. The maximum atomic E-state index is 13.3. The van der Waals surface area contributed by atoms with Gasteiger partial charge in [0.2, 0.25) is 0 Å². The van der Waals surface area contributed by atoms with Crippen LogP contribution in [0.4, 0.5) is 0 Å². The summed E-state index contributed by atoms with van der Waals surface area (Å²) < 4.78 is 45.1. The fourth-order valence-electron chi connectivity index (χ4n) is 5.10. The van der Waals surface area contributed by atoms with Crippen LogP contribution in [0.5, 0.6) is 40.2 Å². The fraction of sp³-hybridized carbons (Fsp3) is 0.303. The number of fused-ring (bicyclic) bond motifs is 2. The van der Waals surface area contributed by atoms with Crippen molar-refractivity contribution in [2.45, 2.75) is 52.4 Å². The lowest BCUT2D eigenvalue weighted by atomic mass is 9.95. The van der Waals surface area contributed by atoms with Crippen molar-refractivity contribution in [2.24, 2.45) is 0 Å². The molecule has 0 aliphatic carbocycles. The highest BCUT2D eigenvalue weighted by atomic mass is 16.6. The summed E-state index contributed by atoms with van der Waals surface area (Å²) in [5.74, 6) is -1.45. The summed E-state index contributed by atoms with van der Waals surface area (Å²) >= 11 is 0. The van der Waals surface area contributed by atoms with E-state index in [1.165, 1.54) is 46.9 Å². The number of esters is 4. The summed E-state index contributed by atoms with van der Waals surface area (Å²) in [5, 5.41) is 0. The Labute approximate surface area is 263 Å². The number of Topliss-reactive ketones (excluding diaryl/α,β-unsaturated/α-hetero) is 1. The first-order chi connectivity index (χ1) is 21.9. The Kier molecular flexibility index (Phi) is 9.12. The molecular formula is C33H30O13. The Bertz CT molecular complexity index is 1730. The van der Waals surface area contributed by atoms with Gasteiger partial charge in [-0.15, -0.1) is 0 Å². The second-order valence-corrected chi connectivity index (χ2v) is 10.4. The summed E-state index contributed by atoms with van der Waals surface area (Å²) in [7, 11) is 1.43. The molecule has 0 unspecified atom stereocenters. The molecule has 0 saturated carbocycles. The normalized spacial score (nSPS) is 17.9. The molecule has 0 aromatic heterocycles. The summed E-state index contributed by atoms with van der Waals surface area (Å²) in [5.41, 5.74) is 1.20. The van der Waals surface area contributed by atoms with Crippen LogP contribution in [0.2, 0.25) is 0 Å². The number of carbonyl (C=O) groups is 5. The van der Waals surface area contributed by atoms with E-state index in [-0.39, 0.29) is 53.1 Å². The number of hydrogen-bond donors (Lipinski definition) is 0. The predicted molar refractivity (Wildman–Crippen MR) is 157 cm³/mol. The first-order valence-corrected chi connectivity index (χ1v) is 14.1. The molecule has 2 heterocycles. The zero-order chi connectivity index (χ0) is 33.1. The topological polar surface area (TPSA) is 159 Å².